The Morgan fingerprint density at radius 1 is 1.14 bits per heavy atom. The Labute approximate surface area is 128 Å². The van der Waals surface area contributed by atoms with Crippen LogP contribution in [0.5, 0.6) is 0 Å². The number of carboxylic acid groups (broad SMARTS) is 1. The fourth-order valence-electron chi connectivity index (χ4n) is 2.39. The van der Waals surface area contributed by atoms with Gasteiger partial charge in [0.2, 0.25) is 5.91 Å². The zero-order chi connectivity index (χ0) is 16.1. The van der Waals surface area contributed by atoms with Crippen LogP contribution in [0.4, 0.5) is 4.79 Å². The predicted octanol–water partition coefficient (Wildman–Crippen LogP) is 0.0330. The number of carbonyl (C=O) groups excluding carboxylic acids is 1. The molecule has 1 unspecified atom stereocenters. The normalized spacial score (nSPS) is 16.0. The van der Waals surface area contributed by atoms with Crippen molar-refractivity contribution in [2.75, 3.05) is 26.2 Å². The zero-order valence-corrected chi connectivity index (χ0v) is 12.0. The van der Waals surface area contributed by atoms with E-state index >= 15 is 0 Å². The van der Waals surface area contributed by atoms with Crippen LogP contribution in [-0.4, -0.2) is 59.0 Å². The van der Waals surface area contributed by atoms with Gasteiger partial charge in [0.15, 0.2) is 5.96 Å². The van der Waals surface area contributed by atoms with Crippen molar-refractivity contribution in [3.63, 3.8) is 0 Å². The first kappa shape index (κ1) is 15.6. The van der Waals surface area contributed by atoms with Crippen LogP contribution in [0.25, 0.3) is 0 Å². The minimum absolute atomic E-state index is 0.216. The zero-order valence-electron chi connectivity index (χ0n) is 12.0. The molecule has 2 amide bonds. The van der Waals surface area contributed by atoms with Gasteiger partial charge in [-0.05, 0) is 5.56 Å². The Balaban J connectivity index is 2.10. The van der Waals surface area contributed by atoms with Gasteiger partial charge in [-0.15, -0.1) is 0 Å². The molecule has 0 aliphatic carbocycles. The van der Waals surface area contributed by atoms with Gasteiger partial charge in [-0.2, -0.15) is 0 Å². The number of hydrogen-bond donors (Lipinski definition) is 4. The lowest BCUT2D eigenvalue weighted by molar-refractivity contribution is -0.134. The second-order valence-corrected chi connectivity index (χ2v) is 5.00. The summed E-state index contributed by atoms with van der Waals surface area (Å²) in [5, 5.41) is 19.0. The maximum absolute atomic E-state index is 12.7. The molecule has 1 saturated heterocycles. The smallest absolute Gasteiger partial charge is 0.407 e. The van der Waals surface area contributed by atoms with Crippen LogP contribution in [0, 0.1) is 5.41 Å². The van der Waals surface area contributed by atoms with Crippen molar-refractivity contribution in [2.45, 2.75) is 6.04 Å². The van der Waals surface area contributed by atoms with Crippen molar-refractivity contribution >= 4 is 18.0 Å². The molecule has 2 rings (SSSR count). The Morgan fingerprint density at radius 3 is 2.18 bits per heavy atom. The minimum Gasteiger partial charge on any atom is -0.465 e. The van der Waals surface area contributed by atoms with E-state index in [0.29, 0.717) is 18.7 Å². The third kappa shape index (κ3) is 3.66. The fraction of sp³-hybridized carbons (Fsp3) is 0.357. The quantitative estimate of drug-likeness (QED) is 0.463. The molecule has 22 heavy (non-hydrogen) atoms. The number of guanidine groups is 1. The fourth-order valence-corrected chi connectivity index (χ4v) is 2.39. The van der Waals surface area contributed by atoms with Gasteiger partial charge >= 0.3 is 6.09 Å². The van der Waals surface area contributed by atoms with Crippen molar-refractivity contribution < 1.29 is 14.7 Å². The van der Waals surface area contributed by atoms with E-state index in [1.807, 2.05) is 6.07 Å². The van der Waals surface area contributed by atoms with Crippen molar-refractivity contribution in [3.8, 4) is 0 Å². The highest BCUT2D eigenvalue weighted by Crippen LogP contribution is 2.17. The van der Waals surface area contributed by atoms with Crippen LogP contribution in [0.15, 0.2) is 30.3 Å². The molecule has 1 aliphatic rings. The molecule has 0 radical (unpaired) electrons. The Hall–Kier alpha value is -2.77. The first-order valence-electron chi connectivity index (χ1n) is 6.91. The van der Waals surface area contributed by atoms with Crippen LogP contribution in [0.1, 0.15) is 11.6 Å². The van der Waals surface area contributed by atoms with E-state index in [4.69, 9.17) is 16.2 Å². The van der Waals surface area contributed by atoms with Gasteiger partial charge in [0.05, 0.1) is 0 Å². The van der Waals surface area contributed by atoms with Crippen LogP contribution in [0.2, 0.25) is 0 Å². The van der Waals surface area contributed by atoms with Crippen molar-refractivity contribution in [1.82, 2.24) is 15.1 Å². The number of nitrogens with two attached hydrogens (primary N) is 1. The monoisotopic (exact) mass is 305 g/mol. The predicted molar refractivity (Wildman–Crippen MR) is 80.4 cm³/mol. The molecule has 0 saturated carbocycles. The molecule has 1 fully saturated rings. The number of nitrogens with zero attached hydrogens (tertiary/aromatic N) is 2. The number of nitrogens with one attached hydrogen (secondary N) is 2. The summed E-state index contributed by atoms with van der Waals surface area (Å²) in [6.07, 6.45) is -0.978. The summed E-state index contributed by atoms with van der Waals surface area (Å²) in [6, 6.07) is 8.28. The average molecular weight is 305 g/mol. The summed E-state index contributed by atoms with van der Waals surface area (Å²) in [5.41, 5.74) is 6.09. The maximum Gasteiger partial charge on any atom is 0.407 e. The third-order valence-electron chi connectivity index (χ3n) is 3.54. The molecule has 118 valence electrons. The van der Waals surface area contributed by atoms with E-state index in [0.717, 1.165) is 0 Å². The minimum atomic E-state index is -0.978. The lowest BCUT2D eigenvalue weighted by atomic mass is 10.1. The first-order valence-corrected chi connectivity index (χ1v) is 6.91. The molecule has 1 heterocycles. The molecule has 1 aromatic carbocycles. The molecular formula is C14H19N5O3. The van der Waals surface area contributed by atoms with Crippen LogP contribution < -0.4 is 11.1 Å². The number of benzene rings is 1. The standard InChI is InChI=1S/C14H19N5O3/c15-13(16)17-11(10-4-2-1-3-5-10)12(20)18-6-8-19(9-7-18)14(21)22/h1-5,11H,6-9H2,(H,21,22)(H4,15,16,17). The number of carbonyl (C=O) groups is 2. The van der Waals surface area contributed by atoms with Gasteiger partial charge in [-0.3, -0.25) is 10.2 Å². The van der Waals surface area contributed by atoms with Gasteiger partial charge in [0, 0.05) is 26.2 Å². The lowest BCUT2D eigenvalue weighted by Gasteiger charge is -2.35. The number of piperazine rings is 1. The van der Waals surface area contributed by atoms with Gasteiger partial charge in [0.25, 0.3) is 0 Å². The maximum atomic E-state index is 12.7. The average Bonchev–Trinajstić information content (AvgIpc) is 2.52. The number of rotatable bonds is 3. The number of hydrogen-bond acceptors (Lipinski definition) is 3. The van der Waals surface area contributed by atoms with Crippen molar-refractivity contribution in [1.29, 1.82) is 5.41 Å². The van der Waals surface area contributed by atoms with Crippen LogP contribution in [-0.2, 0) is 4.79 Å². The molecule has 1 aromatic rings. The summed E-state index contributed by atoms with van der Waals surface area (Å²) < 4.78 is 0. The SMILES string of the molecule is N=C(N)NC(C(=O)N1CCN(C(=O)O)CC1)c1ccccc1. The van der Waals surface area contributed by atoms with E-state index in [9.17, 15) is 9.59 Å². The molecule has 1 aliphatic heterocycles. The van der Waals surface area contributed by atoms with Gasteiger partial charge in [-0.1, -0.05) is 30.3 Å². The molecular weight excluding hydrogens is 286 g/mol. The molecule has 0 bridgehead atoms. The highest BCUT2D eigenvalue weighted by atomic mass is 16.4. The van der Waals surface area contributed by atoms with E-state index < -0.39 is 12.1 Å². The van der Waals surface area contributed by atoms with E-state index in [2.05, 4.69) is 5.32 Å². The van der Waals surface area contributed by atoms with Crippen molar-refractivity contribution in [2.24, 2.45) is 5.73 Å². The second-order valence-electron chi connectivity index (χ2n) is 5.00. The highest BCUT2D eigenvalue weighted by Gasteiger charge is 2.29. The largest absolute Gasteiger partial charge is 0.465 e. The summed E-state index contributed by atoms with van der Waals surface area (Å²) >= 11 is 0. The summed E-state index contributed by atoms with van der Waals surface area (Å²) in [7, 11) is 0. The van der Waals surface area contributed by atoms with Crippen LogP contribution >= 0.6 is 0 Å². The Bertz CT molecular complexity index is 555. The molecule has 8 nitrogen and oxygen atoms in total. The third-order valence-corrected chi connectivity index (χ3v) is 3.54. The number of amides is 2. The summed E-state index contributed by atoms with van der Waals surface area (Å²) in [4.78, 5) is 26.4. The van der Waals surface area contributed by atoms with Gasteiger partial charge < -0.3 is 26.0 Å². The molecule has 1 atom stereocenters. The van der Waals surface area contributed by atoms with E-state index in [-0.39, 0.29) is 25.0 Å². The lowest BCUT2D eigenvalue weighted by Crippen LogP contribution is -2.53. The van der Waals surface area contributed by atoms with Crippen molar-refractivity contribution in [3.05, 3.63) is 35.9 Å². The molecule has 0 spiro atoms. The Kier molecular flexibility index (Phi) is 4.82. The van der Waals surface area contributed by atoms with Gasteiger partial charge in [-0.25, -0.2) is 4.79 Å². The topological polar surface area (TPSA) is 123 Å². The van der Waals surface area contributed by atoms with Gasteiger partial charge in [0.1, 0.15) is 6.04 Å². The van der Waals surface area contributed by atoms with Crippen LogP contribution in [0.3, 0.4) is 0 Å². The highest BCUT2D eigenvalue weighted by molar-refractivity contribution is 5.88. The second kappa shape index (κ2) is 6.79. The molecule has 8 heteroatoms. The molecule has 5 N–H and O–H groups in total. The van der Waals surface area contributed by atoms with E-state index in [1.54, 1.807) is 29.2 Å². The summed E-state index contributed by atoms with van der Waals surface area (Å²) in [6.45, 7) is 1.22. The Morgan fingerprint density at radius 2 is 1.68 bits per heavy atom. The summed E-state index contributed by atoms with van der Waals surface area (Å²) in [5.74, 6) is -0.502. The molecule has 0 aromatic heterocycles. The first-order chi connectivity index (χ1) is 10.5. The van der Waals surface area contributed by atoms with E-state index in [1.165, 1.54) is 4.90 Å².